The van der Waals surface area contributed by atoms with Crippen LogP contribution in [0, 0.1) is 0 Å². The van der Waals surface area contributed by atoms with Crippen molar-refractivity contribution in [2.75, 3.05) is 6.26 Å². The van der Waals surface area contributed by atoms with Gasteiger partial charge in [-0.25, -0.2) is 8.42 Å². The van der Waals surface area contributed by atoms with Crippen LogP contribution in [-0.4, -0.2) is 41.8 Å². The SMILES string of the molecule is CCC(C)NC(=O)CCc1nnc(-c2ccc(S(C)(=O)=O)cc2)[nH]c1=O. The summed E-state index contributed by atoms with van der Waals surface area (Å²) in [6, 6.07) is 6.07. The Hall–Kier alpha value is -2.55. The second-order valence-corrected chi connectivity index (χ2v) is 8.14. The first-order valence-corrected chi connectivity index (χ1v) is 10.2. The van der Waals surface area contributed by atoms with Crippen molar-refractivity contribution in [1.29, 1.82) is 0 Å². The normalized spacial score (nSPS) is 12.6. The molecule has 8 nitrogen and oxygen atoms in total. The summed E-state index contributed by atoms with van der Waals surface area (Å²) >= 11 is 0. The second-order valence-electron chi connectivity index (χ2n) is 6.12. The molecule has 140 valence electrons. The van der Waals surface area contributed by atoms with Gasteiger partial charge in [-0.15, -0.1) is 10.2 Å². The summed E-state index contributed by atoms with van der Waals surface area (Å²) in [6.07, 6.45) is 2.30. The molecule has 0 radical (unpaired) electrons. The Labute approximate surface area is 152 Å². The van der Waals surface area contributed by atoms with Crippen LogP contribution in [0.3, 0.4) is 0 Å². The maximum Gasteiger partial charge on any atom is 0.273 e. The maximum atomic E-state index is 12.1. The van der Waals surface area contributed by atoms with Crippen molar-refractivity contribution in [2.45, 2.75) is 44.0 Å². The largest absolute Gasteiger partial charge is 0.354 e. The van der Waals surface area contributed by atoms with E-state index in [1.54, 1.807) is 12.1 Å². The van der Waals surface area contributed by atoms with Gasteiger partial charge in [0, 0.05) is 30.7 Å². The minimum atomic E-state index is -3.29. The number of hydrogen-bond donors (Lipinski definition) is 2. The van der Waals surface area contributed by atoms with E-state index in [9.17, 15) is 18.0 Å². The summed E-state index contributed by atoms with van der Waals surface area (Å²) < 4.78 is 22.9. The molecule has 2 rings (SSSR count). The minimum absolute atomic E-state index is 0.0872. The van der Waals surface area contributed by atoms with Gasteiger partial charge in [-0.3, -0.25) is 9.59 Å². The number of amides is 1. The summed E-state index contributed by atoms with van der Waals surface area (Å²) in [5.41, 5.74) is 0.308. The predicted octanol–water partition coefficient (Wildman–Crippen LogP) is 1.08. The maximum absolute atomic E-state index is 12.1. The van der Waals surface area contributed by atoms with Crippen molar-refractivity contribution in [3.63, 3.8) is 0 Å². The van der Waals surface area contributed by atoms with Gasteiger partial charge in [0.05, 0.1) is 4.90 Å². The van der Waals surface area contributed by atoms with Gasteiger partial charge in [-0.2, -0.15) is 0 Å². The molecule has 2 N–H and O–H groups in total. The zero-order chi connectivity index (χ0) is 19.3. The van der Waals surface area contributed by atoms with Gasteiger partial charge in [-0.05, 0) is 37.6 Å². The van der Waals surface area contributed by atoms with Crippen LogP contribution >= 0.6 is 0 Å². The monoisotopic (exact) mass is 378 g/mol. The van der Waals surface area contributed by atoms with Crippen molar-refractivity contribution in [3.8, 4) is 11.4 Å². The third kappa shape index (κ3) is 5.22. The number of aromatic nitrogens is 3. The topological polar surface area (TPSA) is 122 Å². The van der Waals surface area contributed by atoms with E-state index in [0.29, 0.717) is 5.56 Å². The van der Waals surface area contributed by atoms with Crippen LogP contribution in [0.2, 0.25) is 0 Å². The van der Waals surface area contributed by atoms with E-state index in [1.165, 1.54) is 12.1 Å². The fourth-order valence-electron chi connectivity index (χ4n) is 2.19. The lowest BCUT2D eigenvalue weighted by atomic mass is 10.2. The average molecular weight is 378 g/mol. The zero-order valence-corrected chi connectivity index (χ0v) is 15.8. The number of hydrogen-bond acceptors (Lipinski definition) is 6. The van der Waals surface area contributed by atoms with E-state index in [2.05, 4.69) is 20.5 Å². The van der Waals surface area contributed by atoms with Crippen LogP contribution < -0.4 is 10.9 Å². The van der Waals surface area contributed by atoms with Crippen LogP contribution in [0.4, 0.5) is 0 Å². The molecule has 1 unspecified atom stereocenters. The highest BCUT2D eigenvalue weighted by Crippen LogP contribution is 2.16. The molecule has 1 aromatic carbocycles. The highest BCUT2D eigenvalue weighted by atomic mass is 32.2. The van der Waals surface area contributed by atoms with Crippen molar-refractivity contribution in [1.82, 2.24) is 20.5 Å². The molecule has 1 heterocycles. The van der Waals surface area contributed by atoms with Gasteiger partial charge in [0.15, 0.2) is 15.7 Å². The summed E-state index contributed by atoms with van der Waals surface area (Å²) in [5, 5.41) is 10.7. The molecule has 0 aliphatic carbocycles. The lowest BCUT2D eigenvalue weighted by molar-refractivity contribution is -0.121. The van der Waals surface area contributed by atoms with Crippen molar-refractivity contribution in [3.05, 3.63) is 40.3 Å². The lowest BCUT2D eigenvalue weighted by Gasteiger charge is -2.10. The molecular weight excluding hydrogens is 356 g/mol. The van der Waals surface area contributed by atoms with Crippen molar-refractivity contribution < 1.29 is 13.2 Å². The van der Waals surface area contributed by atoms with Crippen molar-refractivity contribution >= 4 is 15.7 Å². The van der Waals surface area contributed by atoms with E-state index in [1.807, 2.05) is 13.8 Å². The van der Waals surface area contributed by atoms with Crippen LogP contribution in [-0.2, 0) is 21.1 Å². The highest BCUT2D eigenvalue weighted by molar-refractivity contribution is 7.90. The number of aryl methyl sites for hydroxylation is 1. The Bertz CT molecular complexity index is 936. The molecule has 26 heavy (non-hydrogen) atoms. The number of carbonyl (C=O) groups is 1. The fourth-order valence-corrected chi connectivity index (χ4v) is 2.83. The third-order valence-corrected chi connectivity index (χ3v) is 5.06. The molecule has 0 aliphatic rings. The quantitative estimate of drug-likeness (QED) is 0.743. The van der Waals surface area contributed by atoms with Gasteiger partial charge in [0.1, 0.15) is 5.69 Å². The van der Waals surface area contributed by atoms with Gasteiger partial charge < -0.3 is 10.3 Å². The van der Waals surface area contributed by atoms with E-state index in [0.717, 1.165) is 12.7 Å². The Morgan fingerprint density at radius 1 is 1.23 bits per heavy atom. The Morgan fingerprint density at radius 2 is 1.88 bits per heavy atom. The molecule has 2 aromatic rings. The van der Waals surface area contributed by atoms with E-state index < -0.39 is 15.4 Å². The van der Waals surface area contributed by atoms with Gasteiger partial charge in [0.25, 0.3) is 5.56 Å². The van der Waals surface area contributed by atoms with E-state index >= 15 is 0 Å². The molecule has 1 aromatic heterocycles. The first kappa shape index (κ1) is 19.8. The smallest absolute Gasteiger partial charge is 0.273 e. The van der Waals surface area contributed by atoms with E-state index in [-0.39, 0.29) is 41.2 Å². The molecule has 0 saturated heterocycles. The zero-order valence-electron chi connectivity index (χ0n) is 14.9. The van der Waals surface area contributed by atoms with Crippen LogP contribution in [0.25, 0.3) is 11.4 Å². The fraction of sp³-hybridized carbons (Fsp3) is 0.412. The van der Waals surface area contributed by atoms with Crippen LogP contribution in [0.1, 0.15) is 32.4 Å². The van der Waals surface area contributed by atoms with E-state index in [4.69, 9.17) is 0 Å². The van der Waals surface area contributed by atoms with Gasteiger partial charge in [0.2, 0.25) is 5.91 Å². The van der Waals surface area contributed by atoms with Crippen LogP contribution in [0.5, 0.6) is 0 Å². The lowest BCUT2D eigenvalue weighted by Crippen LogP contribution is -2.32. The van der Waals surface area contributed by atoms with Crippen LogP contribution in [0.15, 0.2) is 34.0 Å². The number of sulfone groups is 1. The molecule has 0 bridgehead atoms. The van der Waals surface area contributed by atoms with Gasteiger partial charge in [-0.1, -0.05) is 6.92 Å². The Kier molecular flexibility index (Phi) is 6.25. The number of benzene rings is 1. The Morgan fingerprint density at radius 3 is 2.42 bits per heavy atom. The number of nitrogens with one attached hydrogen (secondary N) is 2. The first-order chi connectivity index (χ1) is 12.2. The standard InChI is InChI=1S/C17H22N4O4S/c1-4-11(2)18-15(22)10-9-14-17(23)19-16(21-20-14)12-5-7-13(8-6-12)26(3,24)25/h5-8,11H,4,9-10H2,1-3H3,(H,18,22)(H,19,21,23). The second kappa shape index (κ2) is 8.22. The summed E-state index contributed by atoms with van der Waals surface area (Å²) in [6.45, 7) is 3.89. The first-order valence-electron chi connectivity index (χ1n) is 8.26. The third-order valence-electron chi connectivity index (χ3n) is 3.93. The summed E-state index contributed by atoms with van der Waals surface area (Å²) in [7, 11) is -3.29. The molecule has 0 fully saturated rings. The molecule has 1 amide bonds. The minimum Gasteiger partial charge on any atom is -0.354 e. The molecule has 1 atom stereocenters. The predicted molar refractivity (Wildman–Crippen MR) is 97.4 cm³/mol. The number of aromatic amines is 1. The molecule has 0 aliphatic heterocycles. The van der Waals surface area contributed by atoms with Gasteiger partial charge >= 0.3 is 0 Å². The number of H-pyrrole nitrogens is 1. The Balaban J connectivity index is 2.10. The molecule has 0 saturated carbocycles. The number of rotatable bonds is 7. The molecule has 0 spiro atoms. The number of carbonyl (C=O) groups excluding carboxylic acids is 1. The summed E-state index contributed by atoms with van der Waals surface area (Å²) in [5.74, 6) is 0.101. The number of nitrogens with zero attached hydrogens (tertiary/aromatic N) is 2. The highest BCUT2D eigenvalue weighted by Gasteiger charge is 2.12. The molecule has 9 heteroatoms. The molecular formula is C17H22N4O4S. The van der Waals surface area contributed by atoms with Crippen molar-refractivity contribution in [2.24, 2.45) is 0 Å². The summed E-state index contributed by atoms with van der Waals surface area (Å²) in [4.78, 5) is 26.7. The average Bonchev–Trinajstić information content (AvgIpc) is 2.60.